The minimum atomic E-state index is -1.92. The Morgan fingerprint density at radius 1 is 1.22 bits per heavy atom. The molecule has 0 radical (unpaired) electrons. The Hall–Kier alpha value is -3.50. The number of nitrogens with zero attached hydrogens (tertiary/aromatic N) is 1. The molecule has 1 heterocycles. The molecule has 1 atom stereocenters. The quantitative estimate of drug-likeness (QED) is 0.314. The number of nitro groups is 1. The first kappa shape index (κ1) is 19.8. The van der Waals surface area contributed by atoms with Gasteiger partial charge in [0.1, 0.15) is 0 Å². The smallest absolute Gasteiger partial charge is 0.405 e. The maximum Gasteiger partial charge on any atom is 0.405 e. The number of esters is 2. The van der Waals surface area contributed by atoms with Crippen LogP contribution >= 0.6 is 0 Å². The first-order chi connectivity index (χ1) is 12.5. The molecule has 1 amide bonds. The average molecular weight is 380 g/mol. The van der Waals surface area contributed by atoms with E-state index in [0.717, 1.165) is 0 Å². The molecule has 27 heavy (non-hydrogen) atoms. The van der Waals surface area contributed by atoms with Crippen LogP contribution in [0, 0.1) is 16.0 Å². The standard InChI is InChI=1S/C16H16N2O9/c1-16(2)26-13(20)11(14(21)27-16)12(19)10(17-15(22)23)7-8-3-5-9(6-4-8)18(24)25/h3-6,10-11,17H,7H2,1-2H3,(H,22,23). The van der Waals surface area contributed by atoms with Gasteiger partial charge in [-0.3, -0.25) is 24.5 Å². The number of benzene rings is 1. The number of carbonyl (C=O) groups is 4. The summed E-state index contributed by atoms with van der Waals surface area (Å²) in [5, 5.41) is 21.6. The van der Waals surface area contributed by atoms with Crippen molar-refractivity contribution in [2.24, 2.45) is 5.92 Å². The Labute approximate surface area is 152 Å². The third-order valence-corrected chi connectivity index (χ3v) is 3.68. The second-order valence-corrected chi connectivity index (χ2v) is 6.21. The molecule has 1 aromatic rings. The molecule has 1 fully saturated rings. The van der Waals surface area contributed by atoms with Crippen molar-refractivity contribution in [2.75, 3.05) is 0 Å². The van der Waals surface area contributed by atoms with Gasteiger partial charge in [-0.1, -0.05) is 12.1 Å². The van der Waals surface area contributed by atoms with Crippen LogP contribution in [0.15, 0.2) is 24.3 Å². The minimum absolute atomic E-state index is 0.186. The fourth-order valence-corrected chi connectivity index (χ4v) is 2.51. The molecule has 0 spiro atoms. The molecule has 1 unspecified atom stereocenters. The lowest BCUT2D eigenvalue weighted by molar-refractivity contribution is -0.384. The van der Waals surface area contributed by atoms with Gasteiger partial charge in [0.25, 0.3) is 11.5 Å². The fourth-order valence-electron chi connectivity index (χ4n) is 2.51. The van der Waals surface area contributed by atoms with Gasteiger partial charge in [0.2, 0.25) is 5.92 Å². The Bertz CT molecular complexity index is 781. The van der Waals surface area contributed by atoms with Crippen molar-refractivity contribution in [3.63, 3.8) is 0 Å². The van der Waals surface area contributed by atoms with E-state index in [2.05, 4.69) is 0 Å². The van der Waals surface area contributed by atoms with Gasteiger partial charge >= 0.3 is 18.0 Å². The average Bonchev–Trinajstić information content (AvgIpc) is 2.52. The molecule has 2 N–H and O–H groups in total. The zero-order valence-electron chi connectivity index (χ0n) is 14.3. The zero-order chi connectivity index (χ0) is 20.4. The second kappa shape index (κ2) is 7.40. The third kappa shape index (κ3) is 4.77. The second-order valence-electron chi connectivity index (χ2n) is 6.21. The van der Waals surface area contributed by atoms with E-state index in [1.165, 1.54) is 38.1 Å². The Morgan fingerprint density at radius 3 is 2.19 bits per heavy atom. The number of ether oxygens (including phenoxy) is 2. The summed E-state index contributed by atoms with van der Waals surface area (Å²) in [7, 11) is 0. The topological polar surface area (TPSA) is 162 Å². The van der Waals surface area contributed by atoms with Crippen molar-refractivity contribution in [2.45, 2.75) is 32.1 Å². The van der Waals surface area contributed by atoms with Crippen LogP contribution in [0.2, 0.25) is 0 Å². The molecule has 0 bridgehead atoms. The van der Waals surface area contributed by atoms with Crippen LogP contribution in [0.4, 0.5) is 10.5 Å². The fraction of sp³-hybridized carbons (Fsp3) is 0.375. The molecule has 2 rings (SSSR count). The summed E-state index contributed by atoms with van der Waals surface area (Å²) >= 11 is 0. The van der Waals surface area contributed by atoms with E-state index in [1.54, 1.807) is 0 Å². The molecule has 11 nitrogen and oxygen atoms in total. The molecule has 0 aromatic heterocycles. The van der Waals surface area contributed by atoms with Crippen molar-refractivity contribution < 1.29 is 38.7 Å². The van der Waals surface area contributed by atoms with Crippen LogP contribution in [0.3, 0.4) is 0 Å². The van der Waals surface area contributed by atoms with Gasteiger partial charge in [-0.05, 0) is 12.0 Å². The minimum Gasteiger partial charge on any atom is -0.465 e. The largest absolute Gasteiger partial charge is 0.465 e. The lowest BCUT2D eigenvalue weighted by atomic mass is 9.92. The molecule has 1 aromatic carbocycles. The summed E-state index contributed by atoms with van der Waals surface area (Å²) in [6, 6.07) is 3.58. The number of Topliss-reactive ketones (excluding diaryl/α,β-unsaturated/α-hetero) is 1. The Morgan fingerprint density at radius 2 is 1.74 bits per heavy atom. The normalized spacial score (nSPS) is 17.4. The lowest BCUT2D eigenvalue weighted by Gasteiger charge is -2.33. The van der Waals surface area contributed by atoms with E-state index in [1.807, 2.05) is 5.32 Å². The van der Waals surface area contributed by atoms with Crippen LogP contribution < -0.4 is 5.32 Å². The summed E-state index contributed by atoms with van der Waals surface area (Å²) in [5.41, 5.74) is 0.195. The number of amides is 1. The SMILES string of the molecule is CC1(C)OC(=O)C(C(=O)C(Cc2ccc([N+](=O)[O-])cc2)NC(=O)O)C(=O)O1. The summed E-state index contributed by atoms with van der Waals surface area (Å²) in [6.07, 6.45) is -1.78. The maximum absolute atomic E-state index is 12.6. The van der Waals surface area contributed by atoms with Gasteiger partial charge < -0.3 is 19.9 Å². The van der Waals surface area contributed by atoms with E-state index in [9.17, 15) is 29.3 Å². The van der Waals surface area contributed by atoms with Gasteiger partial charge in [-0.15, -0.1) is 0 Å². The van der Waals surface area contributed by atoms with Gasteiger partial charge in [0.15, 0.2) is 5.78 Å². The number of carbonyl (C=O) groups excluding carboxylic acids is 3. The Balaban J connectivity index is 2.23. The predicted octanol–water partition coefficient (Wildman–Crippen LogP) is 0.795. The van der Waals surface area contributed by atoms with Crippen LogP contribution in [-0.2, 0) is 30.3 Å². The molecule has 144 valence electrons. The van der Waals surface area contributed by atoms with E-state index in [4.69, 9.17) is 14.6 Å². The molecule has 1 aliphatic rings. The molecule has 0 aliphatic carbocycles. The third-order valence-electron chi connectivity index (χ3n) is 3.68. The predicted molar refractivity (Wildman–Crippen MR) is 86.5 cm³/mol. The molecule has 0 saturated carbocycles. The number of nitrogens with one attached hydrogen (secondary N) is 1. The van der Waals surface area contributed by atoms with E-state index < -0.39 is 46.5 Å². The summed E-state index contributed by atoms with van der Waals surface area (Å²) < 4.78 is 9.74. The van der Waals surface area contributed by atoms with Gasteiger partial charge in [0.05, 0.1) is 11.0 Å². The summed E-state index contributed by atoms with van der Waals surface area (Å²) in [5.74, 6) is -6.77. The monoisotopic (exact) mass is 380 g/mol. The van der Waals surface area contributed by atoms with Crippen LogP contribution in [0.1, 0.15) is 19.4 Å². The highest BCUT2D eigenvalue weighted by Crippen LogP contribution is 2.25. The number of ketones is 1. The highest BCUT2D eigenvalue weighted by atomic mass is 16.7. The van der Waals surface area contributed by atoms with Crippen LogP contribution in [0.5, 0.6) is 0 Å². The number of cyclic esters (lactones) is 2. The number of hydrogen-bond acceptors (Lipinski definition) is 8. The number of rotatable bonds is 6. The number of non-ortho nitro benzene ring substituents is 1. The first-order valence-corrected chi connectivity index (χ1v) is 7.72. The van der Waals surface area contributed by atoms with E-state index in [0.29, 0.717) is 5.56 Å². The highest BCUT2D eigenvalue weighted by molar-refractivity contribution is 6.17. The van der Waals surface area contributed by atoms with Gasteiger partial charge in [0, 0.05) is 26.0 Å². The number of carboxylic acid groups (broad SMARTS) is 1. The summed E-state index contributed by atoms with van der Waals surface area (Å²) in [4.78, 5) is 57.7. The maximum atomic E-state index is 12.6. The molecule has 1 aliphatic heterocycles. The lowest BCUT2D eigenvalue weighted by Crippen LogP contribution is -2.54. The number of hydrogen-bond donors (Lipinski definition) is 2. The van der Waals surface area contributed by atoms with Crippen molar-refractivity contribution in [1.29, 1.82) is 0 Å². The van der Waals surface area contributed by atoms with Crippen molar-refractivity contribution in [3.05, 3.63) is 39.9 Å². The Kier molecular flexibility index (Phi) is 5.43. The van der Waals surface area contributed by atoms with Crippen LogP contribution in [0.25, 0.3) is 0 Å². The molecule has 11 heteroatoms. The van der Waals surface area contributed by atoms with Crippen molar-refractivity contribution >= 4 is 29.5 Å². The van der Waals surface area contributed by atoms with Gasteiger partial charge in [-0.25, -0.2) is 4.79 Å². The van der Waals surface area contributed by atoms with Crippen LogP contribution in [-0.4, -0.2) is 45.7 Å². The van der Waals surface area contributed by atoms with E-state index >= 15 is 0 Å². The molecular weight excluding hydrogens is 364 g/mol. The van der Waals surface area contributed by atoms with Gasteiger partial charge in [-0.2, -0.15) is 0 Å². The molecular formula is C16H16N2O9. The zero-order valence-corrected chi connectivity index (χ0v) is 14.3. The number of nitro benzene ring substituents is 1. The van der Waals surface area contributed by atoms with Crippen molar-refractivity contribution in [3.8, 4) is 0 Å². The van der Waals surface area contributed by atoms with E-state index in [-0.39, 0.29) is 12.1 Å². The molecule has 1 saturated heterocycles. The highest BCUT2D eigenvalue weighted by Gasteiger charge is 2.49. The van der Waals surface area contributed by atoms with Crippen molar-refractivity contribution in [1.82, 2.24) is 5.32 Å². The summed E-state index contributed by atoms with van der Waals surface area (Å²) in [6.45, 7) is 2.63. The first-order valence-electron chi connectivity index (χ1n) is 7.72.